The highest BCUT2D eigenvalue weighted by molar-refractivity contribution is 7.96. The molecule has 3 aromatic rings. The van der Waals surface area contributed by atoms with Gasteiger partial charge in [0.05, 0.1) is 9.47 Å². The van der Waals surface area contributed by atoms with Crippen molar-refractivity contribution in [2.45, 2.75) is 6.92 Å². The minimum atomic E-state index is -2.29. The topological polar surface area (TPSA) is 26.3 Å². The van der Waals surface area contributed by atoms with Crippen molar-refractivity contribution in [3.8, 4) is 0 Å². The van der Waals surface area contributed by atoms with Gasteiger partial charge in [-0.2, -0.15) is 0 Å². The molecule has 3 rings (SSSR count). The van der Waals surface area contributed by atoms with Crippen LogP contribution in [0.3, 0.4) is 0 Å². The first-order chi connectivity index (χ1) is 12.2. The molecule has 0 fully saturated rings. The van der Waals surface area contributed by atoms with E-state index in [9.17, 15) is 4.79 Å². The van der Waals surface area contributed by atoms with Gasteiger partial charge >= 0.3 is 5.97 Å². The van der Waals surface area contributed by atoms with Crippen molar-refractivity contribution in [2.24, 2.45) is 0 Å². The number of carbonyl (C=O) groups excluding carboxylic acids is 1. The SMILES string of the molecule is CC(C(=O)OP)=P(c1ccccc1)(c1ccccc1)c1ccccc1. The summed E-state index contributed by atoms with van der Waals surface area (Å²) in [5, 5.41) is 4.15. The molecule has 0 amide bonds. The monoisotopic (exact) mass is 366 g/mol. The van der Waals surface area contributed by atoms with Crippen molar-refractivity contribution in [2.75, 3.05) is 0 Å². The highest BCUT2D eigenvalue weighted by atomic mass is 31.2. The average molecular weight is 366 g/mol. The number of carbonyl (C=O) groups is 1. The van der Waals surface area contributed by atoms with E-state index in [-0.39, 0.29) is 5.97 Å². The Morgan fingerprint density at radius 2 is 1.04 bits per heavy atom. The molecule has 3 aromatic carbocycles. The Kier molecular flexibility index (Phi) is 5.53. The van der Waals surface area contributed by atoms with Gasteiger partial charge in [-0.15, -0.1) is 0 Å². The maximum Gasteiger partial charge on any atom is 0.336 e. The molecule has 0 aliphatic rings. The third-order valence-corrected chi connectivity index (χ3v) is 8.96. The van der Waals surface area contributed by atoms with Crippen LogP contribution in [0.1, 0.15) is 6.92 Å². The largest absolute Gasteiger partial charge is 0.448 e. The summed E-state index contributed by atoms with van der Waals surface area (Å²) in [6, 6.07) is 30.8. The number of hydrogen-bond donors (Lipinski definition) is 0. The van der Waals surface area contributed by atoms with Gasteiger partial charge in [0.15, 0.2) is 0 Å². The zero-order chi connectivity index (χ0) is 17.7. The molecule has 0 N–H and O–H groups in total. The molecule has 0 aromatic heterocycles. The zero-order valence-electron chi connectivity index (χ0n) is 14.0. The van der Waals surface area contributed by atoms with E-state index in [1.54, 1.807) is 0 Å². The number of rotatable bonds is 4. The second-order valence-electron chi connectivity index (χ2n) is 5.67. The molecule has 4 heteroatoms. The molecule has 0 saturated heterocycles. The van der Waals surface area contributed by atoms with Gasteiger partial charge in [-0.05, 0) is 29.7 Å². The predicted molar refractivity (Wildman–Crippen MR) is 112 cm³/mol. The van der Waals surface area contributed by atoms with Gasteiger partial charge in [0.25, 0.3) is 0 Å². The van der Waals surface area contributed by atoms with Crippen LogP contribution in [0.15, 0.2) is 91.0 Å². The summed E-state index contributed by atoms with van der Waals surface area (Å²) in [5.41, 5.74) is 0. The summed E-state index contributed by atoms with van der Waals surface area (Å²) in [6.07, 6.45) is 0. The fraction of sp³-hybridized carbons (Fsp3) is 0.0476. The molecule has 126 valence electrons. The summed E-state index contributed by atoms with van der Waals surface area (Å²) in [6.45, 7) is -0.392. The van der Waals surface area contributed by atoms with E-state index in [0.29, 0.717) is 0 Å². The Morgan fingerprint density at radius 1 is 0.720 bits per heavy atom. The Balaban J connectivity index is 2.52. The fourth-order valence-corrected chi connectivity index (χ4v) is 7.72. The van der Waals surface area contributed by atoms with Crippen LogP contribution in [0.5, 0.6) is 0 Å². The smallest absolute Gasteiger partial charge is 0.336 e. The normalized spacial score (nSPS) is 11.0. The molecule has 0 bridgehead atoms. The molecule has 1 atom stereocenters. The minimum absolute atomic E-state index is 0.296. The van der Waals surface area contributed by atoms with Crippen LogP contribution in [0.4, 0.5) is 0 Å². The second-order valence-corrected chi connectivity index (χ2v) is 9.47. The van der Waals surface area contributed by atoms with Crippen LogP contribution in [0, 0.1) is 0 Å². The van der Waals surface area contributed by atoms with E-state index in [2.05, 4.69) is 45.9 Å². The van der Waals surface area contributed by atoms with Crippen LogP contribution in [-0.2, 0) is 9.32 Å². The van der Waals surface area contributed by atoms with Gasteiger partial charge in [0, 0.05) is 5.29 Å². The Morgan fingerprint density at radius 3 is 1.32 bits per heavy atom. The molecule has 25 heavy (non-hydrogen) atoms. The Labute approximate surface area is 151 Å². The molecule has 0 aliphatic carbocycles. The highest BCUT2D eigenvalue weighted by Crippen LogP contribution is 2.46. The quantitative estimate of drug-likeness (QED) is 0.661. The standard InChI is InChI=1S/C21H20O2P2/c1-17(21(22)23-24)25(18-11-5-2-6-12-18,19-13-7-3-8-14-19)20-15-9-4-10-16-20/h2-16H,24H2,1H3. The van der Waals surface area contributed by atoms with Crippen molar-refractivity contribution < 1.29 is 9.32 Å². The zero-order valence-corrected chi connectivity index (χ0v) is 16.1. The lowest BCUT2D eigenvalue weighted by Gasteiger charge is -2.30. The number of hydrogen-bond acceptors (Lipinski definition) is 2. The summed E-state index contributed by atoms with van der Waals surface area (Å²) in [5.74, 6) is -0.296. The first kappa shape index (κ1) is 17.7. The van der Waals surface area contributed by atoms with Crippen LogP contribution < -0.4 is 15.9 Å². The minimum Gasteiger partial charge on any atom is -0.448 e. The number of benzene rings is 3. The average Bonchev–Trinajstić information content (AvgIpc) is 2.70. The van der Waals surface area contributed by atoms with Gasteiger partial charge in [-0.1, -0.05) is 91.0 Å². The maximum atomic E-state index is 12.6. The van der Waals surface area contributed by atoms with E-state index in [4.69, 9.17) is 4.52 Å². The molecule has 0 spiro atoms. The molecular formula is C21H20O2P2. The van der Waals surface area contributed by atoms with Crippen molar-refractivity contribution in [1.29, 1.82) is 0 Å². The van der Waals surface area contributed by atoms with E-state index in [1.807, 2.05) is 61.5 Å². The van der Waals surface area contributed by atoms with Crippen molar-refractivity contribution in [3.05, 3.63) is 91.0 Å². The molecule has 0 saturated carbocycles. The van der Waals surface area contributed by atoms with E-state index >= 15 is 0 Å². The molecule has 0 aliphatic heterocycles. The van der Waals surface area contributed by atoms with Crippen molar-refractivity contribution in [3.63, 3.8) is 0 Å². The van der Waals surface area contributed by atoms with Gasteiger partial charge < -0.3 is 4.52 Å². The van der Waals surface area contributed by atoms with E-state index < -0.39 is 6.89 Å². The Hall–Kier alpha value is -2.14. The third-order valence-electron chi connectivity index (χ3n) is 4.34. The summed E-state index contributed by atoms with van der Waals surface area (Å²) in [7, 11) is 2.08. The molecule has 2 nitrogen and oxygen atoms in total. The summed E-state index contributed by atoms with van der Waals surface area (Å²) >= 11 is 0. The van der Waals surface area contributed by atoms with Crippen LogP contribution in [0.2, 0.25) is 0 Å². The van der Waals surface area contributed by atoms with Crippen molar-refractivity contribution >= 4 is 43.5 Å². The van der Waals surface area contributed by atoms with Crippen LogP contribution in [-0.4, -0.2) is 11.3 Å². The second kappa shape index (κ2) is 7.83. The first-order valence-electron chi connectivity index (χ1n) is 8.02. The van der Waals surface area contributed by atoms with E-state index in [0.717, 1.165) is 21.2 Å². The maximum absolute atomic E-state index is 12.6. The molecule has 0 heterocycles. The molecule has 0 radical (unpaired) electrons. The highest BCUT2D eigenvalue weighted by Gasteiger charge is 2.30. The summed E-state index contributed by atoms with van der Waals surface area (Å²) < 4.78 is 5.05. The van der Waals surface area contributed by atoms with Gasteiger partial charge in [-0.25, -0.2) is 4.79 Å². The fourth-order valence-electron chi connectivity index (χ4n) is 3.21. The lowest BCUT2D eigenvalue weighted by molar-refractivity contribution is -0.125. The molecular weight excluding hydrogens is 346 g/mol. The van der Waals surface area contributed by atoms with Crippen LogP contribution in [0.25, 0.3) is 0 Å². The Bertz CT molecular complexity index is 801. The van der Waals surface area contributed by atoms with Gasteiger partial charge in [-0.3, -0.25) is 0 Å². The first-order valence-corrected chi connectivity index (χ1v) is 10.3. The van der Waals surface area contributed by atoms with E-state index in [1.165, 1.54) is 0 Å². The van der Waals surface area contributed by atoms with Gasteiger partial charge in [0.1, 0.15) is 0 Å². The van der Waals surface area contributed by atoms with Crippen LogP contribution >= 0.6 is 16.4 Å². The lowest BCUT2D eigenvalue weighted by Crippen LogP contribution is -2.32. The predicted octanol–water partition coefficient (Wildman–Crippen LogP) is 3.51. The lowest BCUT2D eigenvalue weighted by atomic mass is 10.4. The van der Waals surface area contributed by atoms with Gasteiger partial charge in [0.2, 0.25) is 0 Å². The molecule has 1 unspecified atom stereocenters. The summed E-state index contributed by atoms with van der Waals surface area (Å²) in [4.78, 5) is 12.6. The van der Waals surface area contributed by atoms with Crippen molar-refractivity contribution in [1.82, 2.24) is 0 Å². The third kappa shape index (κ3) is 3.21.